The second-order valence-electron chi connectivity index (χ2n) is 6.97. The quantitative estimate of drug-likeness (QED) is 0.303. The number of nitrogens with zero attached hydrogens (tertiary/aromatic N) is 2. The first kappa shape index (κ1) is 22.3. The first-order valence-electron chi connectivity index (χ1n) is 9.69. The molecule has 0 radical (unpaired) electrons. The summed E-state index contributed by atoms with van der Waals surface area (Å²) in [6.45, 7) is 0. The smallest absolute Gasteiger partial charge is 0.408 e. The summed E-state index contributed by atoms with van der Waals surface area (Å²) in [5.74, 6) is -1.65. The molecule has 0 aliphatic heterocycles. The van der Waals surface area contributed by atoms with Crippen LogP contribution in [0.4, 0.5) is 24.5 Å². The lowest BCUT2D eigenvalue weighted by Crippen LogP contribution is -2.35. The molecule has 1 amide bonds. The van der Waals surface area contributed by atoms with E-state index < -0.39 is 29.1 Å². The first-order chi connectivity index (χ1) is 16.2. The van der Waals surface area contributed by atoms with Crippen molar-refractivity contribution in [3.05, 3.63) is 94.0 Å². The standard InChI is InChI=1S/C23H14F3N5O3/c24-23(25,26)16-3-1-2-4-17(16)29-21(31-20(32)14-7-5-13(12-27)6-8-14)28-15-9-10-18-19(11-15)34-22(33)30-18/h1-11H,(H,30,33)(H2,28,29,31,32). The van der Waals surface area contributed by atoms with Crippen molar-refractivity contribution in [1.29, 1.82) is 5.26 Å². The van der Waals surface area contributed by atoms with Gasteiger partial charge in [0.2, 0.25) is 5.96 Å². The maximum Gasteiger partial charge on any atom is 0.418 e. The van der Waals surface area contributed by atoms with Gasteiger partial charge in [-0.15, -0.1) is 0 Å². The van der Waals surface area contributed by atoms with E-state index >= 15 is 0 Å². The van der Waals surface area contributed by atoms with Gasteiger partial charge in [0.25, 0.3) is 5.91 Å². The number of carbonyl (C=O) groups excluding carboxylic acids is 1. The van der Waals surface area contributed by atoms with Crippen LogP contribution in [0.25, 0.3) is 11.1 Å². The molecule has 4 aromatic rings. The van der Waals surface area contributed by atoms with Gasteiger partial charge in [-0.05, 0) is 48.5 Å². The Labute approximate surface area is 189 Å². The van der Waals surface area contributed by atoms with E-state index in [1.807, 2.05) is 6.07 Å². The number of nitrogens with one attached hydrogen (secondary N) is 3. The largest absolute Gasteiger partial charge is 0.418 e. The van der Waals surface area contributed by atoms with E-state index in [4.69, 9.17) is 9.68 Å². The highest BCUT2D eigenvalue weighted by Crippen LogP contribution is 2.36. The number of carbonyl (C=O) groups is 1. The van der Waals surface area contributed by atoms with E-state index in [2.05, 4.69) is 20.6 Å². The van der Waals surface area contributed by atoms with Crippen LogP contribution < -0.4 is 16.4 Å². The fraction of sp³-hybridized carbons (Fsp3) is 0.0435. The fourth-order valence-electron chi connectivity index (χ4n) is 3.05. The number of rotatable bonds is 3. The number of anilines is 1. The first-order valence-corrected chi connectivity index (χ1v) is 9.69. The van der Waals surface area contributed by atoms with E-state index in [0.717, 1.165) is 12.1 Å². The summed E-state index contributed by atoms with van der Waals surface area (Å²) in [4.78, 5) is 30.6. The van der Waals surface area contributed by atoms with E-state index in [1.54, 1.807) is 0 Å². The van der Waals surface area contributed by atoms with Gasteiger partial charge in [-0.1, -0.05) is 12.1 Å². The summed E-state index contributed by atoms with van der Waals surface area (Å²) < 4.78 is 45.3. The molecule has 0 atom stereocenters. The summed E-state index contributed by atoms with van der Waals surface area (Å²) in [6, 6.07) is 16.7. The zero-order valence-corrected chi connectivity index (χ0v) is 17.1. The highest BCUT2D eigenvalue weighted by molar-refractivity contribution is 6.11. The van der Waals surface area contributed by atoms with Gasteiger partial charge >= 0.3 is 11.9 Å². The SMILES string of the molecule is N#Cc1ccc(C(=O)NC(=Nc2ccccc2C(F)(F)F)Nc2ccc3[nH]c(=O)oc3c2)cc1. The van der Waals surface area contributed by atoms with Crippen LogP contribution in [0.2, 0.25) is 0 Å². The Bertz CT molecular complexity index is 1500. The highest BCUT2D eigenvalue weighted by atomic mass is 19.4. The summed E-state index contributed by atoms with van der Waals surface area (Å²) >= 11 is 0. The lowest BCUT2D eigenvalue weighted by atomic mass is 10.1. The lowest BCUT2D eigenvalue weighted by Gasteiger charge is -2.14. The number of alkyl halides is 3. The van der Waals surface area contributed by atoms with Gasteiger partial charge in [0.15, 0.2) is 5.58 Å². The second kappa shape index (κ2) is 8.95. The second-order valence-corrected chi connectivity index (χ2v) is 6.97. The predicted molar refractivity (Wildman–Crippen MR) is 118 cm³/mol. The number of nitriles is 1. The molecular weight excluding hydrogens is 451 g/mol. The van der Waals surface area contributed by atoms with Crippen molar-refractivity contribution in [3.63, 3.8) is 0 Å². The number of fused-ring (bicyclic) bond motifs is 1. The molecule has 0 bridgehead atoms. The summed E-state index contributed by atoms with van der Waals surface area (Å²) in [5.41, 5.74) is -0.0188. The number of hydrogen-bond acceptors (Lipinski definition) is 5. The molecule has 3 aromatic carbocycles. The van der Waals surface area contributed by atoms with Crippen LogP contribution in [-0.2, 0) is 6.18 Å². The summed E-state index contributed by atoms with van der Waals surface area (Å²) in [7, 11) is 0. The minimum Gasteiger partial charge on any atom is -0.408 e. The third kappa shape index (κ3) is 4.97. The average Bonchev–Trinajstić information content (AvgIpc) is 3.18. The third-order valence-corrected chi connectivity index (χ3v) is 4.63. The number of H-pyrrole nitrogens is 1. The van der Waals surface area contributed by atoms with Crippen molar-refractivity contribution in [2.24, 2.45) is 4.99 Å². The van der Waals surface area contributed by atoms with Crippen LogP contribution >= 0.6 is 0 Å². The van der Waals surface area contributed by atoms with Crippen molar-refractivity contribution in [2.45, 2.75) is 6.18 Å². The maximum atomic E-state index is 13.5. The molecule has 0 saturated carbocycles. The van der Waals surface area contributed by atoms with Crippen molar-refractivity contribution < 1.29 is 22.4 Å². The third-order valence-electron chi connectivity index (χ3n) is 4.63. The number of aromatic amines is 1. The van der Waals surface area contributed by atoms with E-state index in [1.165, 1.54) is 54.6 Å². The van der Waals surface area contributed by atoms with E-state index in [-0.39, 0.29) is 17.1 Å². The Morgan fingerprint density at radius 2 is 1.79 bits per heavy atom. The molecule has 0 unspecified atom stereocenters. The molecule has 0 fully saturated rings. The van der Waals surface area contributed by atoms with Gasteiger partial charge < -0.3 is 9.73 Å². The van der Waals surface area contributed by atoms with Gasteiger partial charge in [0.1, 0.15) is 0 Å². The minimum atomic E-state index is -4.67. The van der Waals surface area contributed by atoms with Crippen molar-refractivity contribution in [2.75, 3.05) is 5.32 Å². The Hall–Kier alpha value is -4.85. The van der Waals surface area contributed by atoms with Crippen LogP contribution in [0, 0.1) is 11.3 Å². The van der Waals surface area contributed by atoms with Crippen LogP contribution in [0.1, 0.15) is 21.5 Å². The number of para-hydroxylation sites is 1. The zero-order valence-electron chi connectivity index (χ0n) is 17.1. The van der Waals surface area contributed by atoms with Gasteiger partial charge in [-0.2, -0.15) is 18.4 Å². The van der Waals surface area contributed by atoms with Gasteiger partial charge in [-0.3, -0.25) is 15.1 Å². The lowest BCUT2D eigenvalue weighted by molar-refractivity contribution is -0.137. The molecule has 0 aliphatic carbocycles. The van der Waals surface area contributed by atoms with Gasteiger partial charge in [0.05, 0.1) is 28.4 Å². The number of guanidine groups is 1. The van der Waals surface area contributed by atoms with Gasteiger partial charge in [0, 0.05) is 17.3 Å². The molecule has 0 spiro atoms. The van der Waals surface area contributed by atoms with Crippen LogP contribution in [0.15, 0.2) is 80.9 Å². The molecule has 3 N–H and O–H groups in total. The number of benzene rings is 3. The summed E-state index contributed by atoms with van der Waals surface area (Å²) in [5, 5.41) is 14.1. The fourth-order valence-corrected chi connectivity index (χ4v) is 3.05. The normalized spacial score (nSPS) is 11.8. The molecule has 1 heterocycles. The van der Waals surface area contributed by atoms with Crippen molar-refractivity contribution in [3.8, 4) is 6.07 Å². The number of halogens is 3. The molecule has 1 aromatic heterocycles. The van der Waals surface area contributed by atoms with Crippen LogP contribution in [-0.4, -0.2) is 16.9 Å². The monoisotopic (exact) mass is 465 g/mol. The Morgan fingerprint density at radius 1 is 1.06 bits per heavy atom. The maximum absolute atomic E-state index is 13.5. The molecule has 0 saturated heterocycles. The van der Waals surface area contributed by atoms with Crippen LogP contribution in [0.3, 0.4) is 0 Å². The molecule has 170 valence electrons. The number of oxazole rings is 1. The number of hydrogen-bond donors (Lipinski definition) is 3. The highest BCUT2D eigenvalue weighted by Gasteiger charge is 2.33. The summed E-state index contributed by atoms with van der Waals surface area (Å²) in [6.07, 6.45) is -4.67. The predicted octanol–water partition coefficient (Wildman–Crippen LogP) is 4.54. The Balaban J connectivity index is 1.72. The molecule has 34 heavy (non-hydrogen) atoms. The van der Waals surface area contributed by atoms with Gasteiger partial charge in [-0.25, -0.2) is 9.79 Å². The molecule has 8 nitrogen and oxygen atoms in total. The molecule has 4 rings (SSSR count). The molecule has 0 aliphatic rings. The Kier molecular flexibility index (Phi) is 5.88. The van der Waals surface area contributed by atoms with E-state index in [9.17, 15) is 22.8 Å². The van der Waals surface area contributed by atoms with E-state index in [0.29, 0.717) is 16.8 Å². The molecular formula is C23H14F3N5O3. The zero-order chi connectivity index (χ0) is 24.3. The number of aromatic nitrogens is 1. The number of amides is 1. The van der Waals surface area contributed by atoms with Crippen molar-refractivity contribution in [1.82, 2.24) is 10.3 Å². The topological polar surface area (TPSA) is 123 Å². The Morgan fingerprint density at radius 3 is 2.50 bits per heavy atom. The minimum absolute atomic E-state index is 0.157. The van der Waals surface area contributed by atoms with Crippen LogP contribution in [0.5, 0.6) is 0 Å². The number of aliphatic imine (C=N–C) groups is 1. The molecule has 11 heteroatoms. The van der Waals surface area contributed by atoms with Crippen molar-refractivity contribution >= 4 is 34.3 Å². The average molecular weight is 465 g/mol.